The molecule has 7 heteroatoms. The zero-order valence-corrected chi connectivity index (χ0v) is 13.6. The fourth-order valence-corrected chi connectivity index (χ4v) is 4.24. The van der Waals surface area contributed by atoms with Crippen molar-refractivity contribution in [2.45, 2.75) is 32.2 Å². The number of aromatic amines is 1. The largest absolute Gasteiger partial charge is 0.341 e. The normalized spacial score (nSPS) is 17.9. The van der Waals surface area contributed by atoms with Crippen molar-refractivity contribution in [2.24, 2.45) is 0 Å². The highest BCUT2D eigenvalue weighted by atomic mass is 32.2. The van der Waals surface area contributed by atoms with Gasteiger partial charge in [0.2, 0.25) is 0 Å². The minimum atomic E-state index is -3.41. The molecule has 1 aliphatic rings. The Bertz CT molecular complexity index is 700. The van der Waals surface area contributed by atoms with Crippen molar-refractivity contribution in [1.82, 2.24) is 18.6 Å². The van der Waals surface area contributed by atoms with Crippen molar-refractivity contribution in [3.8, 4) is 0 Å². The minimum Gasteiger partial charge on any atom is -0.341 e. The third-order valence-electron chi connectivity index (χ3n) is 4.10. The second-order valence-corrected chi connectivity index (χ2v) is 7.81. The minimum absolute atomic E-state index is 0.257. The van der Waals surface area contributed by atoms with Gasteiger partial charge in [-0.15, -0.1) is 0 Å². The van der Waals surface area contributed by atoms with Crippen LogP contribution in [0.1, 0.15) is 31.5 Å². The van der Waals surface area contributed by atoms with Gasteiger partial charge in [0.1, 0.15) is 5.82 Å². The SMILES string of the molecule is CN(Cc1nc2ccccc2[nH]1)S(=O)(=O)N1CCCCCC1. The maximum atomic E-state index is 12.7. The Labute approximate surface area is 131 Å². The van der Waals surface area contributed by atoms with E-state index in [1.165, 1.54) is 4.31 Å². The molecule has 0 saturated carbocycles. The van der Waals surface area contributed by atoms with Gasteiger partial charge in [0, 0.05) is 20.1 Å². The van der Waals surface area contributed by atoms with Gasteiger partial charge >= 0.3 is 0 Å². The fraction of sp³-hybridized carbons (Fsp3) is 0.533. The number of nitrogens with zero attached hydrogens (tertiary/aromatic N) is 3. The Hall–Kier alpha value is -1.44. The van der Waals surface area contributed by atoms with Crippen LogP contribution < -0.4 is 0 Å². The number of hydrogen-bond acceptors (Lipinski definition) is 3. The molecule has 120 valence electrons. The monoisotopic (exact) mass is 322 g/mol. The van der Waals surface area contributed by atoms with Gasteiger partial charge in [-0.2, -0.15) is 17.0 Å². The van der Waals surface area contributed by atoms with Gasteiger partial charge in [-0.3, -0.25) is 0 Å². The quantitative estimate of drug-likeness (QED) is 0.937. The zero-order chi connectivity index (χ0) is 15.6. The molecule has 0 aliphatic carbocycles. The summed E-state index contributed by atoms with van der Waals surface area (Å²) in [7, 11) is -1.80. The van der Waals surface area contributed by atoms with E-state index >= 15 is 0 Å². The van der Waals surface area contributed by atoms with Gasteiger partial charge in [-0.1, -0.05) is 25.0 Å². The number of rotatable bonds is 4. The summed E-state index contributed by atoms with van der Waals surface area (Å²) in [4.78, 5) is 7.63. The maximum absolute atomic E-state index is 12.7. The lowest BCUT2D eigenvalue weighted by Gasteiger charge is -2.25. The average molecular weight is 322 g/mol. The first-order chi connectivity index (χ1) is 10.6. The van der Waals surface area contributed by atoms with Crippen LogP contribution in [0.3, 0.4) is 0 Å². The van der Waals surface area contributed by atoms with Gasteiger partial charge in [-0.25, -0.2) is 4.98 Å². The molecule has 6 nitrogen and oxygen atoms in total. The molecule has 1 saturated heterocycles. The number of benzene rings is 1. The fourth-order valence-electron chi connectivity index (χ4n) is 2.84. The van der Waals surface area contributed by atoms with Crippen LogP contribution in [0.4, 0.5) is 0 Å². The summed E-state index contributed by atoms with van der Waals surface area (Å²) in [6.07, 6.45) is 4.11. The lowest BCUT2D eigenvalue weighted by molar-refractivity contribution is 0.360. The number of fused-ring (bicyclic) bond motifs is 1. The van der Waals surface area contributed by atoms with Gasteiger partial charge in [0.05, 0.1) is 17.6 Å². The summed E-state index contributed by atoms with van der Waals surface area (Å²) in [5.41, 5.74) is 1.79. The van der Waals surface area contributed by atoms with E-state index in [9.17, 15) is 8.42 Å². The van der Waals surface area contributed by atoms with Crippen LogP contribution >= 0.6 is 0 Å². The Balaban J connectivity index is 1.75. The highest BCUT2D eigenvalue weighted by Gasteiger charge is 2.28. The first kappa shape index (κ1) is 15.5. The molecule has 0 atom stereocenters. The summed E-state index contributed by atoms with van der Waals surface area (Å²) in [5.74, 6) is 0.669. The predicted octanol–water partition coefficient (Wildman–Crippen LogP) is 2.12. The molecule has 0 amide bonds. The van der Waals surface area contributed by atoms with Crippen molar-refractivity contribution in [3.63, 3.8) is 0 Å². The topological polar surface area (TPSA) is 69.3 Å². The van der Waals surface area contributed by atoms with Gasteiger partial charge in [0.25, 0.3) is 10.2 Å². The second-order valence-electron chi connectivity index (χ2n) is 5.78. The summed E-state index contributed by atoms with van der Waals surface area (Å²) >= 11 is 0. The third kappa shape index (κ3) is 3.16. The average Bonchev–Trinajstić information content (AvgIpc) is 2.71. The third-order valence-corrected chi connectivity index (χ3v) is 6.03. The molecular weight excluding hydrogens is 300 g/mol. The Morgan fingerprint density at radius 1 is 1.18 bits per heavy atom. The Morgan fingerprint density at radius 2 is 1.86 bits per heavy atom. The van der Waals surface area contributed by atoms with Crippen molar-refractivity contribution < 1.29 is 8.42 Å². The number of hydrogen-bond donors (Lipinski definition) is 1. The molecule has 1 N–H and O–H groups in total. The molecule has 2 aromatic rings. The lowest BCUT2D eigenvalue weighted by atomic mass is 10.2. The van der Waals surface area contributed by atoms with Crippen molar-refractivity contribution in [3.05, 3.63) is 30.1 Å². The van der Waals surface area contributed by atoms with E-state index in [4.69, 9.17) is 0 Å². The van der Waals surface area contributed by atoms with E-state index in [0.29, 0.717) is 18.9 Å². The van der Waals surface area contributed by atoms with E-state index in [2.05, 4.69) is 9.97 Å². The molecule has 3 rings (SSSR count). The van der Waals surface area contributed by atoms with E-state index in [1.54, 1.807) is 11.4 Å². The molecule has 2 heterocycles. The second kappa shape index (κ2) is 6.36. The molecular formula is C15H22N4O2S. The van der Waals surface area contributed by atoms with Gasteiger partial charge < -0.3 is 4.98 Å². The smallest absolute Gasteiger partial charge is 0.282 e. The van der Waals surface area contributed by atoms with Crippen molar-refractivity contribution in [2.75, 3.05) is 20.1 Å². The predicted molar refractivity (Wildman–Crippen MR) is 86.5 cm³/mol. The summed E-state index contributed by atoms with van der Waals surface area (Å²) < 4.78 is 28.3. The lowest BCUT2D eigenvalue weighted by Crippen LogP contribution is -2.42. The van der Waals surface area contributed by atoms with Crippen LogP contribution in [0.5, 0.6) is 0 Å². The van der Waals surface area contributed by atoms with Crippen LogP contribution in [0, 0.1) is 0 Å². The van der Waals surface area contributed by atoms with Crippen molar-refractivity contribution >= 4 is 21.2 Å². The number of aromatic nitrogens is 2. The van der Waals surface area contributed by atoms with Gasteiger partial charge in [-0.05, 0) is 25.0 Å². The molecule has 0 bridgehead atoms. The van der Waals surface area contributed by atoms with Crippen LogP contribution in [0.25, 0.3) is 11.0 Å². The van der Waals surface area contributed by atoms with Crippen LogP contribution in [0.2, 0.25) is 0 Å². The van der Waals surface area contributed by atoms with E-state index in [0.717, 1.165) is 36.7 Å². The molecule has 0 spiro atoms. The number of imidazole rings is 1. The highest BCUT2D eigenvalue weighted by molar-refractivity contribution is 7.86. The summed E-state index contributed by atoms with van der Waals surface area (Å²) in [6, 6.07) is 7.71. The van der Waals surface area contributed by atoms with E-state index in [-0.39, 0.29) is 6.54 Å². The van der Waals surface area contributed by atoms with Crippen LogP contribution in [-0.4, -0.2) is 47.1 Å². The Kier molecular flexibility index (Phi) is 4.46. The van der Waals surface area contributed by atoms with Crippen molar-refractivity contribution in [1.29, 1.82) is 0 Å². The number of nitrogens with one attached hydrogen (secondary N) is 1. The summed E-state index contributed by atoms with van der Waals surface area (Å²) in [6.45, 7) is 1.49. The zero-order valence-electron chi connectivity index (χ0n) is 12.8. The van der Waals surface area contributed by atoms with Crippen LogP contribution in [-0.2, 0) is 16.8 Å². The molecule has 1 aromatic heterocycles. The standard InChI is InChI=1S/C15H22N4O2S/c1-18(22(20,21)19-10-6-2-3-7-11-19)12-15-16-13-8-4-5-9-14(13)17-15/h4-5,8-9H,2-3,6-7,10-12H2,1H3,(H,16,17). The molecule has 0 radical (unpaired) electrons. The maximum Gasteiger partial charge on any atom is 0.282 e. The highest BCUT2D eigenvalue weighted by Crippen LogP contribution is 2.17. The molecule has 1 aliphatic heterocycles. The first-order valence-electron chi connectivity index (χ1n) is 7.72. The Morgan fingerprint density at radius 3 is 2.55 bits per heavy atom. The van der Waals surface area contributed by atoms with E-state index in [1.807, 2.05) is 24.3 Å². The molecule has 22 heavy (non-hydrogen) atoms. The summed E-state index contributed by atoms with van der Waals surface area (Å²) in [5, 5.41) is 0. The number of para-hydroxylation sites is 2. The molecule has 1 fully saturated rings. The number of H-pyrrole nitrogens is 1. The van der Waals surface area contributed by atoms with E-state index < -0.39 is 10.2 Å². The van der Waals surface area contributed by atoms with Gasteiger partial charge in [0.15, 0.2) is 0 Å². The molecule has 1 aromatic carbocycles. The molecule has 0 unspecified atom stereocenters. The first-order valence-corrected chi connectivity index (χ1v) is 9.12. The van der Waals surface area contributed by atoms with Crippen LogP contribution in [0.15, 0.2) is 24.3 Å².